The average molecular weight is 256 g/mol. The topological polar surface area (TPSA) is 68.3 Å². The molecule has 0 saturated carbocycles. The Balaban J connectivity index is 2.22. The lowest BCUT2D eigenvalue weighted by Gasteiger charge is -2.10. The summed E-state index contributed by atoms with van der Waals surface area (Å²) >= 11 is 0. The van der Waals surface area contributed by atoms with Gasteiger partial charge in [0, 0.05) is 24.8 Å². The van der Waals surface area contributed by atoms with Gasteiger partial charge < -0.3 is 10.1 Å². The highest BCUT2D eigenvalue weighted by atomic mass is 16.5. The van der Waals surface area contributed by atoms with Gasteiger partial charge in [0.15, 0.2) is 12.0 Å². The molecule has 0 aliphatic heterocycles. The van der Waals surface area contributed by atoms with E-state index in [0.29, 0.717) is 29.2 Å². The van der Waals surface area contributed by atoms with E-state index in [9.17, 15) is 9.59 Å². The molecule has 0 atom stereocenters. The number of aromatic nitrogens is 1. The third kappa shape index (κ3) is 3.38. The van der Waals surface area contributed by atoms with Gasteiger partial charge in [0.2, 0.25) is 11.8 Å². The Hall–Kier alpha value is -2.69. The first-order valence-electron chi connectivity index (χ1n) is 5.65. The van der Waals surface area contributed by atoms with Crippen molar-refractivity contribution in [2.75, 3.05) is 5.32 Å². The number of para-hydroxylation sites is 2. The quantitative estimate of drug-likeness (QED) is 0.854. The lowest BCUT2D eigenvalue weighted by molar-refractivity contribution is -0.114. The summed E-state index contributed by atoms with van der Waals surface area (Å²) < 4.78 is 5.57. The largest absolute Gasteiger partial charge is 0.437 e. The Morgan fingerprint density at radius 2 is 2.05 bits per heavy atom. The smallest absolute Gasteiger partial charge is 0.221 e. The molecule has 0 aliphatic carbocycles. The minimum atomic E-state index is -0.180. The molecule has 0 saturated heterocycles. The molecule has 96 valence electrons. The van der Waals surface area contributed by atoms with Gasteiger partial charge in [-0.2, -0.15) is 0 Å². The van der Waals surface area contributed by atoms with Crippen LogP contribution in [0.3, 0.4) is 0 Å². The molecule has 0 unspecified atom stereocenters. The molecular weight excluding hydrogens is 244 g/mol. The number of carbonyl (C=O) groups is 2. The van der Waals surface area contributed by atoms with E-state index in [1.165, 1.54) is 13.1 Å². The number of hydrogen-bond acceptors (Lipinski definition) is 4. The summed E-state index contributed by atoms with van der Waals surface area (Å²) in [6.07, 6.45) is 2.13. The highest BCUT2D eigenvalue weighted by Crippen LogP contribution is 2.28. The lowest BCUT2D eigenvalue weighted by Crippen LogP contribution is -2.06. The number of benzene rings is 1. The average Bonchev–Trinajstić information content (AvgIpc) is 2.41. The fourth-order valence-electron chi connectivity index (χ4n) is 1.48. The van der Waals surface area contributed by atoms with Crippen LogP contribution in [-0.4, -0.2) is 17.2 Å². The van der Waals surface area contributed by atoms with Crippen LogP contribution in [0.2, 0.25) is 0 Å². The monoisotopic (exact) mass is 256 g/mol. The van der Waals surface area contributed by atoms with E-state index in [0.717, 1.165) is 0 Å². The van der Waals surface area contributed by atoms with Crippen molar-refractivity contribution >= 4 is 17.9 Å². The zero-order valence-electron chi connectivity index (χ0n) is 10.3. The number of anilines is 1. The molecule has 1 heterocycles. The minimum absolute atomic E-state index is 0.180. The van der Waals surface area contributed by atoms with Gasteiger partial charge >= 0.3 is 0 Å². The summed E-state index contributed by atoms with van der Waals surface area (Å²) in [5, 5.41) is 2.67. The molecule has 1 aromatic carbocycles. The van der Waals surface area contributed by atoms with E-state index >= 15 is 0 Å². The molecule has 2 aromatic rings. The minimum Gasteiger partial charge on any atom is -0.437 e. The van der Waals surface area contributed by atoms with E-state index in [2.05, 4.69) is 10.3 Å². The number of carbonyl (C=O) groups excluding carboxylic acids is 2. The maximum atomic E-state index is 11.1. The molecule has 0 fully saturated rings. The van der Waals surface area contributed by atoms with Crippen molar-refractivity contribution in [2.45, 2.75) is 6.92 Å². The number of nitrogens with zero attached hydrogens (tertiary/aromatic N) is 1. The van der Waals surface area contributed by atoms with E-state index in [1.54, 1.807) is 36.4 Å². The molecule has 0 radical (unpaired) electrons. The molecule has 5 heteroatoms. The van der Waals surface area contributed by atoms with Gasteiger partial charge in [-0.3, -0.25) is 9.59 Å². The Kier molecular flexibility index (Phi) is 3.87. The molecule has 1 amide bonds. The molecule has 1 aromatic heterocycles. The van der Waals surface area contributed by atoms with Crippen LogP contribution in [0.25, 0.3) is 0 Å². The molecule has 2 rings (SSSR count). The van der Waals surface area contributed by atoms with Gasteiger partial charge in [-0.1, -0.05) is 12.1 Å². The Morgan fingerprint density at radius 1 is 1.26 bits per heavy atom. The Labute approximate surface area is 110 Å². The van der Waals surface area contributed by atoms with Gasteiger partial charge in [-0.05, 0) is 18.2 Å². The third-order valence-corrected chi connectivity index (χ3v) is 2.31. The van der Waals surface area contributed by atoms with Gasteiger partial charge in [0.05, 0.1) is 5.69 Å². The van der Waals surface area contributed by atoms with Crippen LogP contribution in [-0.2, 0) is 4.79 Å². The maximum absolute atomic E-state index is 11.1. The van der Waals surface area contributed by atoms with E-state index in [1.807, 2.05) is 0 Å². The Bertz CT molecular complexity index is 594. The van der Waals surface area contributed by atoms with E-state index in [4.69, 9.17) is 4.74 Å². The standard InChI is InChI=1S/C14H12N2O3/c1-10(18)16-12-4-2-3-5-13(12)19-14-7-6-11(9-17)8-15-14/h2-9H,1H3,(H,16,18). The SMILES string of the molecule is CC(=O)Nc1ccccc1Oc1ccc(C=O)cn1. The third-order valence-electron chi connectivity index (χ3n) is 2.31. The molecular formula is C14H12N2O3. The van der Waals surface area contributed by atoms with Crippen LogP contribution in [0.5, 0.6) is 11.6 Å². The van der Waals surface area contributed by atoms with Crippen molar-refractivity contribution in [3.8, 4) is 11.6 Å². The van der Waals surface area contributed by atoms with Crippen LogP contribution in [0.4, 0.5) is 5.69 Å². The number of hydrogen-bond donors (Lipinski definition) is 1. The number of amides is 1. The first-order chi connectivity index (χ1) is 9.19. The fourth-order valence-corrected chi connectivity index (χ4v) is 1.48. The van der Waals surface area contributed by atoms with Crippen molar-refractivity contribution in [1.29, 1.82) is 0 Å². The summed E-state index contributed by atoms with van der Waals surface area (Å²) in [7, 11) is 0. The summed E-state index contributed by atoms with van der Waals surface area (Å²) in [5.41, 5.74) is 1.04. The highest BCUT2D eigenvalue weighted by Gasteiger charge is 2.06. The summed E-state index contributed by atoms with van der Waals surface area (Å²) in [5.74, 6) is 0.660. The molecule has 0 bridgehead atoms. The highest BCUT2D eigenvalue weighted by molar-refractivity contribution is 5.90. The second-order valence-electron chi connectivity index (χ2n) is 3.83. The molecule has 0 spiro atoms. The summed E-state index contributed by atoms with van der Waals surface area (Å²) in [6, 6.07) is 10.2. The van der Waals surface area contributed by atoms with E-state index in [-0.39, 0.29) is 5.91 Å². The number of rotatable bonds is 4. The van der Waals surface area contributed by atoms with Crippen LogP contribution in [0.15, 0.2) is 42.6 Å². The summed E-state index contributed by atoms with van der Waals surface area (Å²) in [6.45, 7) is 1.42. The van der Waals surface area contributed by atoms with Crippen LogP contribution >= 0.6 is 0 Å². The van der Waals surface area contributed by atoms with E-state index < -0.39 is 0 Å². The summed E-state index contributed by atoms with van der Waals surface area (Å²) in [4.78, 5) is 25.6. The molecule has 19 heavy (non-hydrogen) atoms. The molecule has 0 aliphatic rings. The van der Waals surface area contributed by atoms with Crippen LogP contribution < -0.4 is 10.1 Å². The van der Waals surface area contributed by atoms with Crippen molar-refractivity contribution < 1.29 is 14.3 Å². The van der Waals surface area contributed by atoms with Gasteiger partial charge in [-0.15, -0.1) is 0 Å². The predicted octanol–water partition coefficient (Wildman–Crippen LogP) is 2.64. The number of aldehydes is 1. The van der Waals surface area contributed by atoms with Crippen molar-refractivity contribution in [1.82, 2.24) is 4.98 Å². The van der Waals surface area contributed by atoms with Gasteiger partial charge in [-0.25, -0.2) is 4.98 Å². The predicted molar refractivity (Wildman–Crippen MR) is 70.4 cm³/mol. The number of nitrogens with one attached hydrogen (secondary N) is 1. The number of pyridine rings is 1. The molecule has 5 nitrogen and oxygen atoms in total. The first kappa shape index (κ1) is 12.8. The van der Waals surface area contributed by atoms with Crippen LogP contribution in [0.1, 0.15) is 17.3 Å². The fraction of sp³-hybridized carbons (Fsp3) is 0.0714. The first-order valence-corrected chi connectivity index (χ1v) is 5.65. The van der Waals surface area contributed by atoms with Gasteiger partial charge in [0.1, 0.15) is 0 Å². The van der Waals surface area contributed by atoms with Crippen molar-refractivity contribution in [3.05, 3.63) is 48.2 Å². The zero-order chi connectivity index (χ0) is 13.7. The second-order valence-corrected chi connectivity index (χ2v) is 3.83. The Morgan fingerprint density at radius 3 is 2.68 bits per heavy atom. The van der Waals surface area contributed by atoms with Crippen LogP contribution in [0, 0.1) is 0 Å². The molecule has 1 N–H and O–H groups in total. The van der Waals surface area contributed by atoms with Crippen molar-refractivity contribution in [2.24, 2.45) is 0 Å². The second kappa shape index (κ2) is 5.77. The number of ether oxygens (including phenoxy) is 1. The lowest BCUT2D eigenvalue weighted by atomic mass is 10.3. The zero-order valence-corrected chi connectivity index (χ0v) is 10.3. The van der Waals surface area contributed by atoms with Crippen molar-refractivity contribution in [3.63, 3.8) is 0 Å². The maximum Gasteiger partial charge on any atom is 0.221 e. The van der Waals surface area contributed by atoms with Gasteiger partial charge in [0.25, 0.3) is 0 Å². The normalized spacial score (nSPS) is 9.74.